The summed E-state index contributed by atoms with van der Waals surface area (Å²) in [7, 11) is 2.07. The number of rotatable bonds is 5. The van der Waals surface area contributed by atoms with Gasteiger partial charge in [0.1, 0.15) is 12.1 Å². The molecule has 11 heteroatoms. The van der Waals surface area contributed by atoms with Crippen molar-refractivity contribution in [3.8, 4) is 0 Å². The molecular weight excluding hydrogens is 614 g/mol. The molecule has 5 aliphatic rings. The molecule has 4 unspecified atom stereocenters. The number of piperazine rings is 1. The SMILES string of the molecule is CC(C)C[C@H]1C(=O)N2CCC[C@H]2C2(O)OC(NC(=O)C3CC4c5cccc6[nH]c(Br)c(c56)C[C@H]4N(C)C3)(C(C)C)C(=O)N12. The van der Waals surface area contributed by atoms with Crippen LogP contribution in [0.25, 0.3) is 10.9 Å². The normalized spacial score (nSPS) is 35.6. The van der Waals surface area contributed by atoms with Crippen molar-refractivity contribution in [2.24, 2.45) is 17.8 Å². The fourth-order valence-corrected chi connectivity index (χ4v) is 9.25. The molecule has 4 fully saturated rings. The molecule has 10 nitrogen and oxygen atoms in total. The highest BCUT2D eigenvalue weighted by molar-refractivity contribution is 9.10. The van der Waals surface area contributed by atoms with Gasteiger partial charge in [-0.15, -0.1) is 0 Å². The minimum absolute atomic E-state index is 0.112. The van der Waals surface area contributed by atoms with Crippen LogP contribution in [0.15, 0.2) is 22.8 Å². The molecule has 1 aromatic carbocycles. The first-order valence-electron chi connectivity index (χ1n) is 15.7. The standard InChI is InChI=1S/C32H42BrN5O5/c1-16(2)12-24-29(40)37-11-7-10-25(37)32(42)38(24)30(41)31(43-32,17(3)4)35-28(39)18-13-20-19-8-6-9-22-26(19)21(27(33)34-22)14-23(20)36(5)15-18/h6,8-9,16-18,20,23-25,34,42H,7,10-15H2,1-5H3,(H,35,39)/t18?,20?,23-,24+,25+,31?,32?/m1/s1. The van der Waals surface area contributed by atoms with Crippen LogP contribution in [0.5, 0.6) is 0 Å². The van der Waals surface area contributed by atoms with Gasteiger partial charge in [0.15, 0.2) is 0 Å². The van der Waals surface area contributed by atoms with E-state index < -0.39 is 35.5 Å². The summed E-state index contributed by atoms with van der Waals surface area (Å²) in [5.74, 6) is -3.55. The van der Waals surface area contributed by atoms with E-state index in [2.05, 4.69) is 56.4 Å². The van der Waals surface area contributed by atoms with Gasteiger partial charge in [-0.3, -0.25) is 24.0 Å². The lowest BCUT2D eigenvalue weighted by Gasteiger charge is -2.49. The summed E-state index contributed by atoms with van der Waals surface area (Å²) in [6.07, 6.45) is 3.19. The number of fused-ring (bicyclic) bond motifs is 5. The Balaban J connectivity index is 1.21. The van der Waals surface area contributed by atoms with Crippen molar-refractivity contribution in [1.29, 1.82) is 0 Å². The Morgan fingerprint density at radius 1 is 1.26 bits per heavy atom. The predicted octanol–water partition coefficient (Wildman–Crippen LogP) is 3.28. The highest BCUT2D eigenvalue weighted by Gasteiger charge is 2.72. The van der Waals surface area contributed by atoms with Crippen molar-refractivity contribution in [2.75, 3.05) is 20.1 Å². The lowest BCUT2D eigenvalue weighted by Crippen LogP contribution is -2.71. The molecule has 2 aromatic rings. The Labute approximate surface area is 260 Å². The third-order valence-electron chi connectivity index (χ3n) is 10.7. The van der Waals surface area contributed by atoms with Crippen molar-refractivity contribution >= 4 is 44.6 Å². The highest BCUT2D eigenvalue weighted by atomic mass is 79.9. The third kappa shape index (κ3) is 4.10. The van der Waals surface area contributed by atoms with Gasteiger partial charge in [-0.2, -0.15) is 0 Å². The van der Waals surface area contributed by atoms with E-state index in [1.165, 1.54) is 21.4 Å². The number of hydrogen-bond donors (Lipinski definition) is 3. The fraction of sp³-hybridized carbons (Fsp3) is 0.656. The van der Waals surface area contributed by atoms with Crippen LogP contribution >= 0.6 is 15.9 Å². The second-order valence-electron chi connectivity index (χ2n) is 14.1. The number of benzene rings is 1. The number of carbonyl (C=O) groups excluding carboxylic acids is 3. The molecule has 3 amide bonds. The summed E-state index contributed by atoms with van der Waals surface area (Å²) in [4.78, 5) is 51.0. The molecular formula is C32H42BrN5O5. The van der Waals surface area contributed by atoms with E-state index in [9.17, 15) is 19.5 Å². The number of aromatic nitrogens is 1. The van der Waals surface area contributed by atoms with E-state index in [0.717, 1.165) is 23.0 Å². The number of amides is 3. The monoisotopic (exact) mass is 655 g/mol. The first kappa shape index (κ1) is 29.3. The van der Waals surface area contributed by atoms with Crippen LogP contribution < -0.4 is 5.32 Å². The van der Waals surface area contributed by atoms with Crippen LogP contribution in [0.1, 0.15) is 70.4 Å². The Morgan fingerprint density at radius 3 is 2.74 bits per heavy atom. The van der Waals surface area contributed by atoms with Gasteiger partial charge in [0.05, 0.1) is 10.5 Å². The Hall–Kier alpha value is -2.47. The largest absolute Gasteiger partial charge is 0.349 e. The van der Waals surface area contributed by atoms with Crippen LogP contribution in [0.3, 0.4) is 0 Å². The second-order valence-corrected chi connectivity index (χ2v) is 14.9. The molecule has 3 N–H and O–H groups in total. The molecule has 0 radical (unpaired) electrons. The summed E-state index contributed by atoms with van der Waals surface area (Å²) < 4.78 is 7.48. The lowest BCUT2D eigenvalue weighted by molar-refractivity contribution is -0.322. The number of halogens is 1. The number of likely N-dealkylation sites (tertiary alicyclic amines) is 1. The zero-order chi connectivity index (χ0) is 30.6. The maximum absolute atomic E-state index is 14.4. The summed E-state index contributed by atoms with van der Waals surface area (Å²) in [6.45, 7) is 8.70. The maximum Gasteiger partial charge on any atom is 0.281 e. The fourth-order valence-electron chi connectivity index (χ4n) is 8.67. The van der Waals surface area contributed by atoms with E-state index in [-0.39, 0.29) is 35.6 Å². The first-order valence-corrected chi connectivity index (χ1v) is 16.5. The van der Waals surface area contributed by atoms with Gasteiger partial charge in [0.25, 0.3) is 11.8 Å². The molecule has 1 aromatic heterocycles. The average molecular weight is 657 g/mol. The van der Waals surface area contributed by atoms with Crippen molar-refractivity contribution in [3.05, 3.63) is 33.9 Å². The van der Waals surface area contributed by atoms with E-state index in [1.807, 2.05) is 27.7 Å². The van der Waals surface area contributed by atoms with Crippen LogP contribution in [-0.4, -0.2) is 92.4 Å². The number of nitrogens with zero attached hydrogens (tertiary/aromatic N) is 3. The van der Waals surface area contributed by atoms with Crippen LogP contribution in [0.4, 0.5) is 0 Å². The number of piperidine rings is 1. The molecule has 0 bridgehead atoms. The van der Waals surface area contributed by atoms with Crippen LogP contribution in [0, 0.1) is 17.8 Å². The van der Waals surface area contributed by atoms with Crippen molar-refractivity contribution < 1.29 is 24.2 Å². The Bertz CT molecular complexity index is 1510. The van der Waals surface area contributed by atoms with Gasteiger partial charge < -0.3 is 25.2 Å². The van der Waals surface area contributed by atoms with Crippen molar-refractivity contribution in [2.45, 2.75) is 95.5 Å². The molecule has 7 rings (SSSR count). The second kappa shape index (κ2) is 10.0. The summed E-state index contributed by atoms with van der Waals surface area (Å²) in [5.41, 5.74) is 1.83. The molecule has 0 spiro atoms. The van der Waals surface area contributed by atoms with E-state index in [4.69, 9.17) is 4.74 Å². The van der Waals surface area contributed by atoms with E-state index in [1.54, 1.807) is 4.90 Å². The third-order valence-corrected chi connectivity index (χ3v) is 11.4. The average Bonchev–Trinajstić information content (AvgIpc) is 3.63. The highest BCUT2D eigenvalue weighted by Crippen LogP contribution is 2.49. The summed E-state index contributed by atoms with van der Waals surface area (Å²) in [6, 6.07) is 5.06. The maximum atomic E-state index is 14.4. The number of likely N-dealkylation sites (N-methyl/N-ethyl adjacent to an activating group) is 1. The van der Waals surface area contributed by atoms with Crippen molar-refractivity contribution in [3.63, 3.8) is 0 Å². The molecule has 0 saturated carbocycles. The minimum Gasteiger partial charge on any atom is -0.349 e. The van der Waals surface area contributed by atoms with E-state index >= 15 is 0 Å². The van der Waals surface area contributed by atoms with Gasteiger partial charge in [-0.05, 0) is 78.2 Å². The first-order chi connectivity index (χ1) is 20.4. The molecule has 7 atom stereocenters. The Morgan fingerprint density at radius 2 is 2.02 bits per heavy atom. The van der Waals surface area contributed by atoms with Gasteiger partial charge >= 0.3 is 0 Å². The summed E-state index contributed by atoms with van der Waals surface area (Å²) in [5, 5.41) is 16.4. The quantitative estimate of drug-likeness (QED) is 0.455. The summed E-state index contributed by atoms with van der Waals surface area (Å²) >= 11 is 3.72. The van der Waals surface area contributed by atoms with Crippen LogP contribution in [0.2, 0.25) is 0 Å². The zero-order valence-corrected chi connectivity index (χ0v) is 27.1. The smallest absolute Gasteiger partial charge is 0.281 e. The Kier molecular flexibility index (Phi) is 6.82. The number of nitrogens with one attached hydrogen (secondary N) is 2. The topological polar surface area (TPSA) is 118 Å². The molecule has 43 heavy (non-hydrogen) atoms. The van der Waals surface area contributed by atoms with Gasteiger partial charge in [-0.25, -0.2) is 0 Å². The number of aliphatic hydroxyl groups is 1. The number of hydrogen-bond acceptors (Lipinski definition) is 6. The van der Waals surface area contributed by atoms with E-state index in [0.29, 0.717) is 32.4 Å². The van der Waals surface area contributed by atoms with Crippen LogP contribution in [-0.2, 0) is 25.5 Å². The zero-order valence-electron chi connectivity index (χ0n) is 25.5. The minimum atomic E-state index is -2.00. The molecule has 1 aliphatic carbocycles. The van der Waals surface area contributed by atoms with Crippen molar-refractivity contribution in [1.82, 2.24) is 25.0 Å². The molecule has 5 heterocycles. The number of carbonyl (C=O) groups is 3. The predicted molar refractivity (Wildman–Crippen MR) is 164 cm³/mol. The molecule has 232 valence electrons. The molecule has 4 aliphatic heterocycles. The number of H-pyrrole nitrogens is 1. The van der Waals surface area contributed by atoms with Gasteiger partial charge in [0.2, 0.25) is 17.5 Å². The molecule has 4 saturated heterocycles. The van der Waals surface area contributed by atoms with Gasteiger partial charge in [0, 0.05) is 41.9 Å². The van der Waals surface area contributed by atoms with Gasteiger partial charge in [-0.1, -0.05) is 39.8 Å². The lowest BCUT2D eigenvalue weighted by atomic mass is 9.72. The number of aromatic amines is 1. The number of ether oxygens (including phenoxy) is 1.